The number of hydrogen-bond donors (Lipinski definition) is 2. The third-order valence-electron chi connectivity index (χ3n) is 7.29. The molecule has 1 aromatic carbocycles. The fraction of sp³-hybridized carbons (Fsp3) is 0.423. The summed E-state index contributed by atoms with van der Waals surface area (Å²) < 4.78 is 0.757. The van der Waals surface area contributed by atoms with Gasteiger partial charge in [-0.15, -0.1) is 11.3 Å². The first-order valence-electron chi connectivity index (χ1n) is 12.2. The number of amides is 3. The Morgan fingerprint density at radius 3 is 2.26 bits per heavy atom. The fourth-order valence-corrected chi connectivity index (χ4v) is 6.46. The Bertz CT molecular complexity index is 1130. The lowest BCUT2D eigenvalue weighted by Gasteiger charge is -2.40. The monoisotopic (exact) mass is 555 g/mol. The minimum absolute atomic E-state index is 0.107. The Hall–Kier alpha value is -2.65. The molecule has 3 aromatic rings. The van der Waals surface area contributed by atoms with Crippen LogP contribution in [0, 0.1) is 11.8 Å². The number of rotatable bonds is 5. The zero-order valence-electron chi connectivity index (χ0n) is 19.6. The molecule has 0 bridgehead atoms. The van der Waals surface area contributed by atoms with Gasteiger partial charge in [-0.05, 0) is 64.9 Å². The second kappa shape index (κ2) is 11.0. The van der Waals surface area contributed by atoms with Crippen molar-refractivity contribution >= 4 is 45.0 Å². The van der Waals surface area contributed by atoms with Crippen molar-refractivity contribution in [3.63, 3.8) is 0 Å². The molecule has 7 nitrogen and oxygen atoms in total. The highest BCUT2D eigenvalue weighted by atomic mass is 79.9. The summed E-state index contributed by atoms with van der Waals surface area (Å²) in [6, 6.07) is 13.8. The number of nitrogens with one attached hydrogen (secondary N) is 2. The van der Waals surface area contributed by atoms with Crippen LogP contribution in [-0.2, 0) is 11.2 Å². The van der Waals surface area contributed by atoms with Crippen LogP contribution in [0.5, 0.6) is 0 Å². The van der Waals surface area contributed by atoms with Gasteiger partial charge >= 0.3 is 6.03 Å². The van der Waals surface area contributed by atoms with Crippen LogP contribution < -0.4 is 5.32 Å². The number of thiophene rings is 1. The lowest BCUT2D eigenvalue weighted by atomic mass is 9.79. The summed E-state index contributed by atoms with van der Waals surface area (Å²) in [5.41, 5.74) is 1.85. The number of carbonyl (C=O) groups excluding carboxylic acids is 2. The number of H-pyrrole nitrogens is 1. The van der Waals surface area contributed by atoms with E-state index in [1.807, 2.05) is 57.6 Å². The number of halogens is 1. The van der Waals surface area contributed by atoms with Gasteiger partial charge in [-0.25, -0.2) is 4.79 Å². The molecule has 2 fully saturated rings. The van der Waals surface area contributed by atoms with Crippen LogP contribution >= 0.6 is 27.3 Å². The normalized spacial score (nSPS) is 17.5. The highest BCUT2D eigenvalue weighted by molar-refractivity contribution is 9.10. The van der Waals surface area contributed by atoms with Crippen LogP contribution in [0.3, 0.4) is 0 Å². The molecule has 3 amide bonds. The Balaban J connectivity index is 1.08. The summed E-state index contributed by atoms with van der Waals surface area (Å²) in [6.45, 7) is 3.21. The average molecular weight is 557 g/mol. The Kier molecular flexibility index (Phi) is 7.53. The molecule has 2 aliphatic heterocycles. The van der Waals surface area contributed by atoms with E-state index in [1.54, 1.807) is 11.3 Å². The van der Waals surface area contributed by atoms with Crippen molar-refractivity contribution in [2.45, 2.75) is 32.1 Å². The summed E-state index contributed by atoms with van der Waals surface area (Å²) in [6.07, 6.45) is 4.68. The van der Waals surface area contributed by atoms with Crippen LogP contribution in [-0.4, -0.2) is 58.1 Å². The van der Waals surface area contributed by atoms with Crippen molar-refractivity contribution < 1.29 is 9.59 Å². The van der Waals surface area contributed by atoms with E-state index in [4.69, 9.17) is 0 Å². The van der Waals surface area contributed by atoms with E-state index in [0.29, 0.717) is 24.1 Å². The lowest BCUT2D eigenvalue weighted by Crippen LogP contribution is -2.45. The number of piperidine rings is 2. The number of aromatic amines is 1. The summed E-state index contributed by atoms with van der Waals surface area (Å²) in [4.78, 5) is 30.5. The molecule has 2 aromatic heterocycles. The number of benzene rings is 1. The van der Waals surface area contributed by atoms with Gasteiger partial charge in [-0.2, -0.15) is 5.10 Å². The number of urea groups is 1. The molecule has 2 N–H and O–H groups in total. The van der Waals surface area contributed by atoms with E-state index in [9.17, 15) is 9.59 Å². The molecule has 2 aliphatic rings. The van der Waals surface area contributed by atoms with Crippen molar-refractivity contribution in [3.05, 3.63) is 57.2 Å². The molecule has 0 saturated carbocycles. The molecular formula is C26H30BrN5O2S. The van der Waals surface area contributed by atoms with E-state index in [2.05, 4.69) is 31.4 Å². The zero-order chi connectivity index (χ0) is 24.2. The van der Waals surface area contributed by atoms with Gasteiger partial charge in [-0.3, -0.25) is 15.2 Å². The van der Waals surface area contributed by atoms with Crippen molar-refractivity contribution in [1.82, 2.24) is 20.0 Å². The minimum atomic E-state index is -0.107. The molecule has 9 heteroatoms. The molecule has 0 aliphatic carbocycles. The zero-order valence-corrected chi connectivity index (χ0v) is 22.0. The Morgan fingerprint density at radius 2 is 1.63 bits per heavy atom. The quantitative estimate of drug-likeness (QED) is 0.428. The fourth-order valence-electron chi connectivity index (χ4n) is 5.26. The van der Waals surface area contributed by atoms with Crippen molar-refractivity contribution in [1.29, 1.82) is 0 Å². The van der Waals surface area contributed by atoms with Crippen LogP contribution in [0.15, 0.2) is 52.3 Å². The SMILES string of the molecule is O=C(Cc1cccs1)N1CCC(C2CCN(C(=O)Nc3n[nH]c(-c4ccccc4)c3Br)CC2)CC1. The largest absolute Gasteiger partial charge is 0.342 e. The minimum Gasteiger partial charge on any atom is -0.342 e. The van der Waals surface area contributed by atoms with Crippen molar-refractivity contribution in [3.8, 4) is 11.3 Å². The summed E-state index contributed by atoms with van der Waals surface area (Å²) in [5.74, 6) is 2.02. The van der Waals surface area contributed by atoms with E-state index in [0.717, 1.165) is 72.5 Å². The number of nitrogens with zero attached hydrogens (tertiary/aromatic N) is 3. The van der Waals surface area contributed by atoms with Gasteiger partial charge in [0.1, 0.15) is 0 Å². The van der Waals surface area contributed by atoms with Gasteiger partial charge in [-0.1, -0.05) is 36.4 Å². The number of hydrogen-bond acceptors (Lipinski definition) is 4. The highest BCUT2D eigenvalue weighted by Gasteiger charge is 2.32. The van der Waals surface area contributed by atoms with Crippen LogP contribution in [0.1, 0.15) is 30.6 Å². The lowest BCUT2D eigenvalue weighted by molar-refractivity contribution is -0.132. The maximum atomic E-state index is 12.9. The van der Waals surface area contributed by atoms with Gasteiger partial charge in [0.15, 0.2) is 5.82 Å². The third kappa shape index (κ3) is 5.62. The van der Waals surface area contributed by atoms with E-state index in [1.165, 1.54) is 0 Å². The molecule has 5 rings (SSSR count). The molecule has 0 spiro atoms. The van der Waals surface area contributed by atoms with Crippen molar-refractivity contribution in [2.24, 2.45) is 11.8 Å². The predicted molar refractivity (Wildman–Crippen MR) is 142 cm³/mol. The van der Waals surface area contributed by atoms with Crippen molar-refractivity contribution in [2.75, 3.05) is 31.5 Å². The third-order valence-corrected chi connectivity index (χ3v) is 8.93. The Labute approximate surface area is 218 Å². The number of likely N-dealkylation sites (tertiary alicyclic amines) is 2. The summed E-state index contributed by atoms with van der Waals surface area (Å²) >= 11 is 5.23. The van der Waals surface area contributed by atoms with Gasteiger partial charge in [0.2, 0.25) is 5.91 Å². The van der Waals surface area contributed by atoms with E-state index >= 15 is 0 Å². The first-order chi connectivity index (χ1) is 17.1. The summed E-state index contributed by atoms with van der Waals surface area (Å²) in [7, 11) is 0. The van der Waals surface area contributed by atoms with Gasteiger partial charge < -0.3 is 9.80 Å². The van der Waals surface area contributed by atoms with Crippen LogP contribution in [0.25, 0.3) is 11.3 Å². The molecule has 0 unspecified atom stereocenters. The van der Waals surface area contributed by atoms with E-state index in [-0.39, 0.29) is 11.9 Å². The second-order valence-electron chi connectivity index (χ2n) is 9.36. The smallest absolute Gasteiger partial charge is 0.323 e. The molecular weight excluding hydrogens is 526 g/mol. The molecule has 2 saturated heterocycles. The van der Waals surface area contributed by atoms with E-state index < -0.39 is 0 Å². The number of aromatic nitrogens is 2. The Morgan fingerprint density at radius 1 is 0.971 bits per heavy atom. The molecule has 0 radical (unpaired) electrons. The van der Waals surface area contributed by atoms with Gasteiger partial charge in [0.25, 0.3) is 0 Å². The standard InChI is InChI=1S/C26H30BrN5O2S/c27-23-24(20-5-2-1-3-6-20)29-30-25(23)28-26(34)32-14-10-19(11-15-32)18-8-12-31(13-9-18)22(33)17-21-7-4-16-35-21/h1-7,16,18-19H,8-15,17H2,(H2,28,29,30,34). The molecule has 35 heavy (non-hydrogen) atoms. The molecule has 4 heterocycles. The topological polar surface area (TPSA) is 81.3 Å². The van der Waals surface area contributed by atoms with Crippen LogP contribution in [0.4, 0.5) is 10.6 Å². The average Bonchev–Trinajstić information content (AvgIpc) is 3.54. The van der Waals surface area contributed by atoms with Gasteiger partial charge in [0, 0.05) is 36.6 Å². The van der Waals surface area contributed by atoms with Crippen LogP contribution in [0.2, 0.25) is 0 Å². The maximum Gasteiger partial charge on any atom is 0.323 e. The van der Waals surface area contributed by atoms with Gasteiger partial charge in [0.05, 0.1) is 16.6 Å². The molecule has 0 atom stereocenters. The first kappa shape index (κ1) is 24.1. The first-order valence-corrected chi connectivity index (χ1v) is 13.9. The molecule has 184 valence electrons. The summed E-state index contributed by atoms with van der Waals surface area (Å²) in [5, 5.41) is 12.3. The maximum absolute atomic E-state index is 12.9. The number of carbonyl (C=O) groups is 2. The number of anilines is 1. The highest BCUT2D eigenvalue weighted by Crippen LogP contribution is 2.34. The predicted octanol–water partition coefficient (Wildman–Crippen LogP) is 5.63. The second-order valence-corrected chi connectivity index (χ2v) is 11.2.